The van der Waals surface area contributed by atoms with E-state index in [1.54, 1.807) is 30.3 Å². The Morgan fingerprint density at radius 1 is 1.05 bits per heavy atom. The number of carboxylic acids is 2. The lowest BCUT2D eigenvalue weighted by molar-refractivity contribution is 0.0691. The smallest absolute Gasteiger partial charge is 0.339 e. The normalized spacial score (nSPS) is 10.3. The Bertz CT molecular complexity index is 693. The maximum absolute atomic E-state index is 14.3. The van der Waals surface area contributed by atoms with E-state index in [1.807, 2.05) is 0 Å². The van der Waals surface area contributed by atoms with Crippen molar-refractivity contribution < 1.29 is 24.2 Å². The maximum atomic E-state index is 14.3. The van der Waals surface area contributed by atoms with Gasteiger partial charge in [0.15, 0.2) is 0 Å². The second-order valence-electron chi connectivity index (χ2n) is 4.26. The Morgan fingerprint density at radius 3 is 2.15 bits per heavy atom. The van der Waals surface area contributed by atoms with Gasteiger partial charge in [0, 0.05) is 5.56 Å². The van der Waals surface area contributed by atoms with E-state index in [0.717, 1.165) is 6.07 Å². The van der Waals surface area contributed by atoms with E-state index in [1.165, 1.54) is 6.92 Å². The second-order valence-corrected chi connectivity index (χ2v) is 4.26. The van der Waals surface area contributed by atoms with Crippen LogP contribution in [0.25, 0.3) is 11.1 Å². The lowest BCUT2D eigenvalue weighted by Crippen LogP contribution is -2.11. The summed E-state index contributed by atoms with van der Waals surface area (Å²) >= 11 is 0. The summed E-state index contributed by atoms with van der Waals surface area (Å²) < 4.78 is 14.3. The molecule has 0 heterocycles. The predicted octanol–water partition coefficient (Wildman–Crippen LogP) is 3.20. The highest BCUT2D eigenvalue weighted by molar-refractivity contribution is 5.99. The van der Waals surface area contributed by atoms with Crippen LogP contribution in [-0.4, -0.2) is 22.2 Å². The second kappa shape index (κ2) is 5.13. The third-order valence-electron chi connectivity index (χ3n) is 3.05. The minimum Gasteiger partial charge on any atom is -0.478 e. The van der Waals surface area contributed by atoms with Gasteiger partial charge in [-0.1, -0.05) is 30.3 Å². The zero-order valence-electron chi connectivity index (χ0n) is 10.6. The van der Waals surface area contributed by atoms with E-state index in [9.17, 15) is 14.0 Å². The summed E-state index contributed by atoms with van der Waals surface area (Å²) in [5.41, 5.74) is -0.533. The van der Waals surface area contributed by atoms with Crippen LogP contribution in [0.1, 0.15) is 26.3 Å². The predicted molar refractivity (Wildman–Crippen MR) is 70.5 cm³/mol. The Kier molecular flexibility index (Phi) is 3.52. The lowest BCUT2D eigenvalue weighted by atomic mass is 9.94. The first kappa shape index (κ1) is 13.7. The molecule has 2 aromatic rings. The highest BCUT2D eigenvalue weighted by Gasteiger charge is 2.23. The van der Waals surface area contributed by atoms with Crippen LogP contribution in [-0.2, 0) is 0 Å². The summed E-state index contributed by atoms with van der Waals surface area (Å²) in [6.45, 7) is 1.28. The lowest BCUT2D eigenvalue weighted by Gasteiger charge is -2.12. The first-order valence-corrected chi connectivity index (χ1v) is 5.78. The van der Waals surface area contributed by atoms with Crippen LogP contribution < -0.4 is 0 Å². The van der Waals surface area contributed by atoms with Crippen LogP contribution in [0, 0.1) is 12.7 Å². The topological polar surface area (TPSA) is 74.6 Å². The SMILES string of the molecule is Cc1c(C(=O)O)cc(-c2ccccc2)c(F)c1C(=O)O. The van der Waals surface area contributed by atoms with E-state index in [0.29, 0.717) is 5.56 Å². The molecule has 0 atom stereocenters. The summed E-state index contributed by atoms with van der Waals surface area (Å²) in [6, 6.07) is 9.39. The number of halogens is 1. The van der Waals surface area contributed by atoms with Crippen LogP contribution in [0.2, 0.25) is 0 Å². The fraction of sp³-hybridized carbons (Fsp3) is 0.0667. The first-order chi connectivity index (χ1) is 9.43. The van der Waals surface area contributed by atoms with Gasteiger partial charge in [0.05, 0.1) is 11.1 Å². The molecule has 2 aromatic carbocycles. The number of aromatic carboxylic acids is 2. The highest BCUT2D eigenvalue weighted by atomic mass is 19.1. The third-order valence-corrected chi connectivity index (χ3v) is 3.05. The van der Waals surface area contributed by atoms with Crippen molar-refractivity contribution in [3.63, 3.8) is 0 Å². The average molecular weight is 274 g/mol. The molecule has 102 valence electrons. The zero-order valence-corrected chi connectivity index (χ0v) is 10.6. The number of hydrogen-bond donors (Lipinski definition) is 2. The molecule has 0 aliphatic rings. The van der Waals surface area contributed by atoms with E-state index >= 15 is 0 Å². The number of carboxylic acid groups (broad SMARTS) is 2. The van der Waals surface area contributed by atoms with Crippen LogP contribution >= 0.6 is 0 Å². The van der Waals surface area contributed by atoms with Gasteiger partial charge in [-0.2, -0.15) is 0 Å². The van der Waals surface area contributed by atoms with Crippen LogP contribution in [0.15, 0.2) is 36.4 Å². The molecular weight excluding hydrogens is 263 g/mol. The quantitative estimate of drug-likeness (QED) is 0.901. The van der Waals surface area contributed by atoms with Crippen LogP contribution in [0.4, 0.5) is 4.39 Å². The van der Waals surface area contributed by atoms with Gasteiger partial charge in [-0.25, -0.2) is 14.0 Å². The summed E-state index contributed by atoms with van der Waals surface area (Å²) in [6.07, 6.45) is 0. The maximum Gasteiger partial charge on any atom is 0.339 e. The molecule has 5 heteroatoms. The molecule has 2 rings (SSSR count). The molecule has 0 unspecified atom stereocenters. The molecule has 0 aliphatic heterocycles. The molecule has 0 saturated heterocycles. The van der Waals surface area contributed by atoms with Gasteiger partial charge in [0.1, 0.15) is 5.82 Å². The summed E-state index contributed by atoms with van der Waals surface area (Å²) in [7, 11) is 0. The Labute approximate surface area is 114 Å². The van der Waals surface area contributed by atoms with Crippen LogP contribution in [0.5, 0.6) is 0 Å². The number of hydrogen-bond acceptors (Lipinski definition) is 2. The Morgan fingerprint density at radius 2 is 1.65 bits per heavy atom. The standard InChI is InChI=1S/C15H11FO4/c1-8-10(14(17)18)7-11(9-5-3-2-4-6-9)13(16)12(8)15(19)20/h2-7H,1H3,(H,17,18)(H,19,20). The molecule has 20 heavy (non-hydrogen) atoms. The van der Waals surface area contributed by atoms with Gasteiger partial charge >= 0.3 is 11.9 Å². The fourth-order valence-corrected chi connectivity index (χ4v) is 2.05. The third kappa shape index (κ3) is 2.25. The number of benzene rings is 2. The minimum absolute atomic E-state index is 0.0361. The van der Waals surface area contributed by atoms with Gasteiger partial charge in [0.2, 0.25) is 0 Å². The molecule has 0 bridgehead atoms. The van der Waals surface area contributed by atoms with E-state index in [4.69, 9.17) is 10.2 Å². The largest absolute Gasteiger partial charge is 0.478 e. The van der Waals surface area contributed by atoms with Gasteiger partial charge in [-0.15, -0.1) is 0 Å². The fourth-order valence-electron chi connectivity index (χ4n) is 2.05. The Hall–Kier alpha value is -2.69. The first-order valence-electron chi connectivity index (χ1n) is 5.78. The molecule has 0 fully saturated rings. The average Bonchev–Trinajstić information content (AvgIpc) is 2.39. The van der Waals surface area contributed by atoms with Crippen molar-refractivity contribution in [2.45, 2.75) is 6.92 Å². The van der Waals surface area contributed by atoms with E-state index < -0.39 is 23.3 Å². The van der Waals surface area contributed by atoms with Crippen molar-refractivity contribution in [3.05, 3.63) is 58.9 Å². The van der Waals surface area contributed by atoms with Gasteiger partial charge in [-0.05, 0) is 24.1 Å². The zero-order chi connectivity index (χ0) is 14.9. The van der Waals surface area contributed by atoms with Crippen molar-refractivity contribution in [1.82, 2.24) is 0 Å². The molecule has 0 radical (unpaired) electrons. The van der Waals surface area contributed by atoms with Crippen molar-refractivity contribution >= 4 is 11.9 Å². The molecule has 0 spiro atoms. The number of carbonyl (C=O) groups is 2. The monoisotopic (exact) mass is 274 g/mol. The molecule has 0 amide bonds. The molecule has 0 aliphatic carbocycles. The van der Waals surface area contributed by atoms with Gasteiger partial charge in [0.25, 0.3) is 0 Å². The summed E-state index contributed by atoms with van der Waals surface area (Å²) in [5.74, 6) is -3.70. The summed E-state index contributed by atoms with van der Waals surface area (Å²) in [4.78, 5) is 22.3. The van der Waals surface area contributed by atoms with E-state index in [2.05, 4.69) is 0 Å². The molecule has 4 nitrogen and oxygen atoms in total. The highest BCUT2D eigenvalue weighted by Crippen LogP contribution is 2.29. The Balaban J connectivity index is 2.83. The van der Waals surface area contributed by atoms with Crippen LogP contribution in [0.3, 0.4) is 0 Å². The van der Waals surface area contributed by atoms with Crippen molar-refractivity contribution in [2.75, 3.05) is 0 Å². The van der Waals surface area contributed by atoms with Crippen molar-refractivity contribution in [2.24, 2.45) is 0 Å². The van der Waals surface area contributed by atoms with Crippen molar-refractivity contribution in [3.8, 4) is 11.1 Å². The molecule has 2 N–H and O–H groups in total. The number of rotatable bonds is 3. The van der Waals surface area contributed by atoms with Gasteiger partial charge in [-0.3, -0.25) is 0 Å². The molecule has 0 saturated carbocycles. The summed E-state index contributed by atoms with van der Waals surface area (Å²) in [5, 5.41) is 18.2. The molecular formula is C15H11FO4. The molecule has 0 aromatic heterocycles. The van der Waals surface area contributed by atoms with Crippen molar-refractivity contribution in [1.29, 1.82) is 0 Å². The minimum atomic E-state index is -1.49. The van der Waals surface area contributed by atoms with E-state index in [-0.39, 0.29) is 16.7 Å². The van der Waals surface area contributed by atoms with Gasteiger partial charge < -0.3 is 10.2 Å².